The van der Waals surface area contributed by atoms with E-state index in [1.54, 1.807) is 0 Å². The number of rotatable bonds is 0. The van der Waals surface area contributed by atoms with E-state index in [4.69, 9.17) is 0 Å². The van der Waals surface area contributed by atoms with Crippen molar-refractivity contribution in [3.8, 4) is 0 Å². The summed E-state index contributed by atoms with van der Waals surface area (Å²) in [6, 6.07) is 0.401. The van der Waals surface area contributed by atoms with Crippen molar-refractivity contribution in [2.75, 3.05) is 0 Å². The molecule has 2 amide bonds. The largest absolute Gasteiger partial charge is 0.352 e. The van der Waals surface area contributed by atoms with Crippen LogP contribution in [0.3, 0.4) is 0 Å². The van der Waals surface area contributed by atoms with Gasteiger partial charge < -0.3 is 10.6 Å². The van der Waals surface area contributed by atoms with Crippen LogP contribution >= 0.6 is 0 Å². The number of hydrogen-bond acceptors (Lipinski definition) is 2. The predicted molar refractivity (Wildman–Crippen MR) is 74.7 cm³/mol. The molecule has 0 unspecified atom stereocenters. The first-order chi connectivity index (χ1) is 9.75. The summed E-state index contributed by atoms with van der Waals surface area (Å²) in [4.78, 5) is 23.8. The molecule has 4 heteroatoms. The van der Waals surface area contributed by atoms with Crippen LogP contribution in [0.2, 0.25) is 0 Å². The molecule has 2 N–H and O–H groups in total. The molecule has 0 aromatic carbocycles. The topological polar surface area (TPSA) is 58.2 Å². The number of nitrogens with one attached hydrogen (secondary N) is 2. The molecule has 2 fully saturated rings. The van der Waals surface area contributed by atoms with Gasteiger partial charge in [0.1, 0.15) is 0 Å². The van der Waals surface area contributed by atoms with Crippen LogP contribution in [0.25, 0.3) is 0 Å². The first kappa shape index (κ1) is 12.2. The molecular weight excluding hydrogens is 252 g/mol. The molecule has 2 aliphatic heterocycles. The molecule has 0 radical (unpaired) electrons. The highest BCUT2D eigenvalue weighted by Gasteiger charge is 2.51. The molecule has 0 aromatic rings. The lowest BCUT2D eigenvalue weighted by molar-refractivity contribution is -0.138. The van der Waals surface area contributed by atoms with Crippen molar-refractivity contribution in [1.82, 2.24) is 10.6 Å². The van der Waals surface area contributed by atoms with E-state index >= 15 is 0 Å². The van der Waals surface area contributed by atoms with Gasteiger partial charge in [-0.3, -0.25) is 9.59 Å². The highest BCUT2D eigenvalue weighted by molar-refractivity contribution is 5.92. The van der Waals surface area contributed by atoms with Crippen molar-refractivity contribution in [2.45, 2.75) is 50.6 Å². The molecule has 4 rings (SSSR count). The summed E-state index contributed by atoms with van der Waals surface area (Å²) in [5, 5.41) is 6.10. The third-order valence-corrected chi connectivity index (χ3v) is 5.26. The minimum absolute atomic E-state index is 0.00106. The van der Waals surface area contributed by atoms with Crippen LogP contribution in [-0.2, 0) is 9.59 Å². The molecule has 0 aromatic heterocycles. The Morgan fingerprint density at radius 1 is 1.05 bits per heavy atom. The maximum Gasteiger partial charge on any atom is 0.229 e. The Kier molecular flexibility index (Phi) is 2.72. The lowest BCUT2D eigenvalue weighted by Crippen LogP contribution is -2.66. The van der Waals surface area contributed by atoms with Gasteiger partial charge in [-0.15, -0.1) is 0 Å². The molecule has 20 heavy (non-hydrogen) atoms. The predicted octanol–water partition coefficient (Wildman–Crippen LogP) is 1.44. The van der Waals surface area contributed by atoms with E-state index in [0.717, 1.165) is 25.7 Å². The Morgan fingerprint density at radius 2 is 1.95 bits per heavy atom. The summed E-state index contributed by atoms with van der Waals surface area (Å²) in [5.41, 5.74) is 2.53. The standard InChI is InChI=1S/C16H20N2O2/c19-15-10-7-3-1-5-9-6-2-4-8-11-13(16(20)17-11)12(9)14(10)18-15/h1,5,10-11,13-14H,2-4,6-8H2,(H,17,20)(H,18,19)/b5-1-,12-9+/t10-,11+,13+,14-/m0/s1. The Hall–Kier alpha value is -1.58. The molecule has 0 bridgehead atoms. The van der Waals surface area contributed by atoms with Gasteiger partial charge in [0.15, 0.2) is 0 Å². The zero-order valence-corrected chi connectivity index (χ0v) is 11.5. The maximum atomic E-state index is 12.1. The number of fused-ring (bicyclic) bond motifs is 4. The van der Waals surface area contributed by atoms with Gasteiger partial charge in [0.2, 0.25) is 11.8 Å². The third-order valence-electron chi connectivity index (χ3n) is 5.26. The van der Waals surface area contributed by atoms with Crippen LogP contribution in [0, 0.1) is 11.8 Å². The molecule has 2 heterocycles. The lowest BCUT2D eigenvalue weighted by Gasteiger charge is -2.48. The van der Waals surface area contributed by atoms with Crippen LogP contribution in [-0.4, -0.2) is 23.9 Å². The zero-order valence-electron chi connectivity index (χ0n) is 11.5. The molecule has 4 aliphatic rings. The number of hydrogen-bond donors (Lipinski definition) is 2. The molecule has 2 saturated heterocycles. The van der Waals surface area contributed by atoms with Crippen LogP contribution < -0.4 is 10.6 Å². The molecule has 2 aliphatic carbocycles. The quantitative estimate of drug-likeness (QED) is 0.656. The number of carbonyl (C=O) groups excluding carboxylic acids is 2. The van der Waals surface area contributed by atoms with Gasteiger partial charge in [-0.05, 0) is 43.3 Å². The number of carbonyl (C=O) groups is 2. The van der Waals surface area contributed by atoms with E-state index in [-0.39, 0.29) is 29.7 Å². The second kappa shape index (κ2) is 4.47. The summed E-state index contributed by atoms with van der Waals surface area (Å²) < 4.78 is 0. The summed E-state index contributed by atoms with van der Waals surface area (Å²) in [6.45, 7) is 0. The Bertz CT molecular complexity index is 535. The minimum atomic E-state index is 0.00106. The maximum absolute atomic E-state index is 12.1. The summed E-state index contributed by atoms with van der Waals surface area (Å²) in [6.07, 6.45) is 10.7. The number of amides is 2. The monoisotopic (exact) mass is 272 g/mol. The van der Waals surface area contributed by atoms with Crippen molar-refractivity contribution in [2.24, 2.45) is 11.8 Å². The van der Waals surface area contributed by atoms with E-state index in [1.807, 2.05) is 0 Å². The van der Waals surface area contributed by atoms with Crippen molar-refractivity contribution in [3.63, 3.8) is 0 Å². The Balaban J connectivity index is 1.78. The molecular formula is C16H20N2O2. The van der Waals surface area contributed by atoms with E-state index in [0.29, 0.717) is 6.04 Å². The van der Waals surface area contributed by atoms with Gasteiger partial charge in [-0.1, -0.05) is 18.6 Å². The first-order valence-electron chi connectivity index (χ1n) is 7.76. The fourth-order valence-electron chi connectivity index (χ4n) is 4.15. The van der Waals surface area contributed by atoms with Gasteiger partial charge in [-0.2, -0.15) is 0 Å². The summed E-state index contributed by atoms with van der Waals surface area (Å²) >= 11 is 0. The SMILES string of the molecule is O=C1N[C@@H]2/C3=C(\C=C/CC[C@H]12)CCCC[C@H]1NC(=O)[C@@H]31. The zero-order chi connectivity index (χ0) is 13.7. The number of β-lactam (4-membered cyclic amide) rings is 2. The van der Waals surface area contributed by atoms with Crippen LogP contribution in [0.4, 0.5) is 0 Å². The fraction of sp³-hybridized carbons (Fsp3) is 0.625. The molecule has 0 saturated carbocycles. The smallest absolute Gasteiger partial charge is 0.229 e. The molecule has 106 valence electrons. The first-order valence-corrected chi connectivity index (χ1v) is 7.76. The van der Waals surface area contributed by atoms with Gasteiger partial charge in [0, 0.05) is 6.04 Å². The van der Waals surface area contributed by atoms with E-state index in [1.165, 1.54) is 24.0 Å². The molecule has 4 nitrogen and oxygen atoms in total. The summed E-state index contributed by atoms with van der Waals surface area (Å²) in [5.74, 6) is 0.397. The normalized spacial score (nSPS) is 44.6. The molecule has 0 spiro atoms. The second-order valence-electron chi connectivity index (χ2n) is 6.39. The fourth-order valence-corrected chi connectivity index (χ4v) is 4.15. The van der Waals surface area contributed by atoms with E-state index < -0.39 is 0 Å². The Labute approximate surface area is 118 Å². The second-order valence-corrected chi connectivity index (χ2v) is 6.39. The highest BCUT2D eigenvalue weighted by atomic mass is 16.2. The van der Waals surface area contributed by atoms with Crippen LogP contribution in [0.1, 0.15) is 38.5 Å². The van der Waals surface area contributed by atoms with Crippen molar-refractivity contribution in [3.05, 3.63) is 23.3 Å². The van der Waals surface area contributed by atoms with Crippen molar-refractivity contribution < 1.29 is 9.59 Å². The lowest BCUT2D eigenvalue weighted by atomic mass is 9.67. The van der Waals surface area contributed by atoms with E-state index in [9.17, 15) is 9.59 Å². The van der Waals surface area contributed by atoms with Crippen molar-refractivity contribution >= 4 is 11.8 Å². The van der Waals surface area contributed by atoms with Gasteiger partial charge in [0.05, 0.1) is 17.9 Å². The molecule has 4 atom stereocenters. The minimum Gasteiger partial charge on any atom is -0.352 e. The average molecular weight is 272 g/mol. The van der Waals surface area contributed by atoms with Gasteiger partial charge >= 0.3 is 0 Å². The number of allylic oxidation sites excluding steroid dienone is 3. The third kappa shape index (κ3) is 1.67. The van der Waals surface area contributed by atoms with Crippen LogP contribution in [0.5, 0.6) is 0 Å². The van der Waals surface area contributed by atoms with Gasteiger partial charge in [-0.25, -0.2) is 0 Å². The summed E-state index contributed by atoms with van der Waals surface area (Å²) in [7, 11) is 0. The van der Waals surface area contributed by atoms with Crippen molar-refractivity contribution in [1.29, 1.82) is 0 Å². The Morgan fingerprint density at radius 3 is 2.75 bits per heavy atom. The van der Waals surface area contributed by atoms with E-state index in [2.05, 4.69) is 22.8 Å². The van der Waals surface area contributed by atoms with Gasteiger partial charge in [0.25, 0.3) is 0 Å². The van der Waals surface area contributed by atoms with Crippen LogP contribution in [0.15, 0.2) is 23.3 Å². The highest BCUT2D eigenvalue weighted by Crippen LogP contribution is 2.41. The average Bonchev–Trinajstić information content (AvgIpc) is 2.39.